The molecule has 4 rings (SSSR count). The van der Waals surface area contributed by atoms with Crippen molar-refractivity contribution in [1.29, 1.82) is 0 Å². The van der Waals surface area contributed by atoms with Gasteiger partial charge in [0.2, 0.25) is 0 Å². The third-order valence-electron chi connectivity index (χ3n) is 7.44. The molecule has 1 N–H and O–H groups in total. The lowest BCUT2D eigenvalue weighted by Gasteiger charge is -2.49. The zero-order chi connectivity index (χ0) is 26.4. The molecule has 0 radical (unpaired) electrons. The summed E-state index contributed by atoms with van der Waals surface area (Å²) in [4.78, 5) is 30.0. The molecular weight excluding hydrogens is 522 g/mol. The topological polar surface area (TPSA) is 76.1 Å². The molecule has 0 unspecified atom stereocenters. The third-order valence-corrected chi connectivity index (χ3v) is 8.04. The van der Waals surface area contributed by atoms with Gasteiger partial charge in [0.1, 0.15) is 0 Å². The predicted octanol–water partition coefficient (Wildman–Crippen LogP) is 6.28. The van der Waals surface area contributed by atoms with Crippen molar-refractivity contribution in [3.05, 3.63) is 44.7 Å². The number of ketones is 2. The quantitative estimate of drug-likeness (QED) is 0.396. The molecule has 196 valence electrons. The predicted molar refractivity (Wildman–Crippen MR) is 143 cm³/mol. The van der Waals surface area contributed by atoms with Gasteiger partial charge in [0.15, 0.2) is 23.1 Å². The van der Waals surface area contributed by atoms with Crippen molar-refractivity contribution in [1.82, 2.24) is 4.90 Å². The number of methoxy groups -OCH3 is 1. The first-order valence-corrected chi connectivity index (χ1v) is 13.6. The fourth-order valence-electron chi connectivity index (χ4n) is 6.04. The highest BCUT2D eigenvalue weighted by Crippen LogP contribution is 2.55. The second-order valence-corrected chi connectivity index (χ2v) is 12.7. The third kappa shape index (κ3) is 5.01. The van der Waals surface area contributed by atoms with Crippen LogP contribution in [-0.4, -0.2) is 48.4 Å². The van der Waals surface area contributed by atoms with Gasteiger partial charge in [-0.3, -0.25) is 9.59 Å². The van der Waals surface area contributed by atoms with Crippen LogP contribution in [-0.2, 0) is 14.3 Å². The van der Waals surface area contributed by atoms with Crippen LogP contribution in [0.2, 0.25) is 0 Å². The highest BCUT2D eigenvalue weighted by atomic mass is 79.9. The molecule has 0 fully saturated rings. The van der Waals surface area contributed by atoms with Crippen molar-refractivity contribution in [2.24, 2.45) is 10.8 Å². The van der Waals surface area contributed by atoms with Crippen LogP contribution >= 0.6 is 15.9 Å². The normalized spacial score (nSPS) is 21.6. The fourth-order valence-corrected chi connectivity index (χ4v) is 6.50. The summed E-state index contributed by atoms with van der Waals surface area (Å²) in [6.07, 6.45) is 3.21. The summed E-state index contributed by atoms with van der Waals surface area (Å²) < 4.78 is 11.6. The number of phenols is 1. The van der Waals surface area contributed by atoms with Crippen molar-refractivity contribution >= 4 is 27.5 Å². The molecule has 1 aromatic carbocycles. The van der Waals surface area contributed by atoms with E-state index in [0.29, 0.717) is 42.8 Å². The van der Waals surface area contributed by atoms with Gasteiger partial charge in [-0.1, -0.05) is 27.7 Å². The number of allylic oxidation sites excluding steroid dienone is 4. The van der Waals surface area contributed by atoms with Gasteiger partial charge in [0, 0.05) is 61.6 Å². The van der Waals surface area contributed by atoms with Gasteiger partial charge in [-0.05, 0) is 70.6 Å². The molecule has 0 spiro atoms. The van der Waals surface area contributed by atoms with Gasteiger partial charge in [-0.25, -0.2) is 0 Å². The SMILES string of the molecule is CCOc1cc(C2C3=C(CC(C)(C)CC3=O)N(CCCOC)C3=C2C(=O)CC(C)(C)C3)cc(Br)c1O. The standard InChI is InChI=1S/C29H38BrNO5/c1-7-36-23-12-17(11-18(30)27(23)34)24-25-19(13-28(2,3)15-21(25)32)31(9-8-10-35-6)20-14-29(4,5)16-22(33)26(20)24/h11-12,24,34H,7-10,13-16H2,1-6H3. The minimum Gasteiger partial charge on any atom is -0.503 e. The highest BCUT2D eigenvalue weighted by molar-refractivity contribution is 9.10. The Labute approximate surface area is 222 Å². The van der Waals surface area contributed by atoms with Gasteiger partial charge in [0.25, 0.3) is 0 Å². The van der Waals surface area contributed by atoms with Gasteiger partial charge in [-0.2, -0.15) is 0 Å². The molecule has 0 atom stereocenters. The average Bonchev–Trinajstić information content (AvgIpc) is 2.75. The van der Waals surface area contributed by atoms with Crippen molar-refractivity contribution in [3.63, 3.8) is 0 Å². The molecule has 0 aromatic heterocycles. The van der Waals surface area contributed by atoms with Crippen LogP contribution in [0, 0.1) is 10.8 Å². The van der Waals surface area contributed by atoms with E-state index in [2.05, 4.69) is 48.5 Å². The van der Waals surface area contributed by atoms with Crippen LogP contribution in [0.4, 0.5) is 0 Å². The molecule has 0 amide bonds. The molecule has 36 heavy (non-hydrogen) atoms. The highest BCUT2D eigenvalue weighted by Gasteiger charge is 2.49. The Bertz CT molecular complexity index is 1090. The summed E-state index contributed by atoms with van der Waals surface area (Å²) in [5.74, 6) is 0.0785. The van der Waals surface area contributed by atoms with Crippen LogP contribution in [0.3, 0.4) is 0 Å². The average molecular weight is 561 g/mol. The van der Waals surface area contributed by atoms with E-state index in [4.69, 9.17) is 9.47 Å². The van der Waals surface area contributed by atoms with Crippen LogP contribution in [0.15, 0.2) is 39.1 Å². The lowest BCUT2D eigenvalue weighted by atomic mass is 9.63. The number of phenolic OH excluding ortho intramolecular Hbond substituents is 1. The summed E-state index contributed by atoms with van der Waals surface area (Å²) in [5.41, 5.74) is 3.96. The fraction of sp³-hybridized carbons (Fsp3) is 0.586. The number of aromatic hydroxyl groups is 1. The Morgan fingerprint density at radius 2 is 1.56 bits per heavy atom. The zero-order valence-corrected chi connectivity index (χ0v) is 23.9. The van der Waals surface area contributed by atoms with Crippen molar-refractivity contribution in [2.45, 2.75) is 72.6 Å². The Morgan fingerprint density at radius 1 is 1.00 bits per heavy atom. The molecule has 1 heterocycles. The van der Waals surface area contributed by atoms with E-state index >= 15 is 0 Å². The second-order valence-electron chi connectivity index (χ2n) is 11.8. The zero-order valence-electron chi connectivity index (χ0n) is 22.3. The lowest BCUT2D eigenvalue weighted by molar-refractivity contribution is -0.119. The van der Waals surface area contributed by atoms with Gasteiger partial charge in [-0.15, -0.1) is 0 Å². The Kier molecular flexibility index (Phi) is 7.46. The first-order chi connectivity index (χ1) is 16.9. The van der Waals surface area contributed by atoms with E-state index in [-0.39, 0.29) is 28.1 Å². The molecule has 1 aromatic rings. The largest absolute Gasteiger partial charge is 0.503 e. The summed E-state index contributed by atoms with van der Waals surface area (Å²) in [5, 5.41) is 10.6. The molecular formula is C29H38BrNO5. The van der Waals surface area contributed by atoms with E-state index in [9.17, 15) is 14.7 Å². The monoisotopic (exact) mass is 559 g/mol. The minimum atomic E-state index is -0.475. The maximum absolute atomic E-state index is 13.8. The van der Waals surface area contributed by atoms with Crippen LogP contribution in [0.1, 0.15) is 78.2 Å². The van der Waals surface area contributed by atoms with Gasteiger partial charge < -0.3 is 19.5 Å². The molecule has 0 saturated carbocycles. The number of carbonyl (C=O) groups excluding carboxylic acids is 2. The summed E-state index contributed by atoms with van der Waals surface area (Å²) >= 11 is 3.47. The Balaban J connectivity index is 1.98. The minimum absolute atomic E-state index is 0.0215. The number of benzene rings is 1. The molecule has 2 aliphatic carbocycles. The maximum atomic E-state index is 13.8. The molecule has 7 heteroatoms. The first kappa shape index (κ1) is 26.9. The second kappa shape index (κ2) is 9.97. The lowest BCUT2D eigenvalue weighted by Crippen LogP contribution is -2.44. The summed E-state index contributed by atoms with van der Waals surface area (Å²) in [6, 6.07) is 3.63. The summed E-state index contributed by atoms with van der Waals surface area (Å²) in [7, 11) is 1.70. The molecule has 0 saturated heterocycles. The Hall–Kier alpha value is -2.12. The van der Waals surface area contributed by atoms with Crippen molar-refractivity contribution in [2.75, 3.05) is 26.9 Å². The molecule has 1 aliphatic heterocycles. The van der Waals surface area contributed by atoms with E-state index < -0.39 is 5.92 Å². The number of nitrogens with zero attached hydrogens (tertiary/aromatic N) is 1. The van der Waals surface area contributed by atoms with E-state index in [1.807, 2.05) is 13.0 Å². The van der Waals surface area contributed by atoms with Crippen molar-refractivity contribution in [3.8, 4) is 11.5 Å². The van der Waals surface area contributed by atoms with Gasteiger partial charge >= 0.3 is 0 Å². The number of hydrogen-bond acceptors (Lipinski definition) is 6. The van der Waals surface area contributed by atoms with Gasteiger partial charge in [0.05, 0.1) is 11.1 Å². The van der Waals surface area contributed by atoms with E-state index in [1.165, 1.54) is 0 Å². The van der Waals surface area contributed by atoms with E-state index in [1.54, 1.807) is 13.2 Å². The Morgan fingerprint density at radius 3 is 2.06 bits per heavy atom. The molecule has 0 bridgehead atoms. The summed E-state index contributed by atoms with van der Waals surface area (Å²) in [6.45, 7) is 12.1. The number of hydrogen-bond donors (Lipinski definition) is 1. The maximum Gasteiger partial charge on any atom is 0.172 e. The number of carbonyl (C=O) groups is 2. The van der Waals surface area contributed by atoms with Crippen LogP contribution < -0.4 is 4.74 Å². The number of rotatable bonds is 7. The number of ether oxygens (including phenoxy) is 2. The van der Waals surface area contributed by atoms with Crippen LogP contribution in [0.5, 0.6) is 11.5 Å². The number of halogens is 1. The smallest absolute Gasteiger partial charge is 0.172 e. The number of Topliss-reactive ketones (excluding diaryl/α,β-unsaturated/α-hetero) is 2. The van der Waals surface area contributed by atoms with E-state index in [0.717, 1.165) is 47.4 Å². The molecule has 3 aliphatic rings. The first-order valence-electron chi connectivity index (χ1n) is 12.8. The molecule has 6 nitrogen and oxygen atoms in total. The van der Waals surface area contributed by atoms with Crippen molar-refractivity contribution < 1.29 is 24.2 Å². The van der Waals surface area contributed by atoms with Crippen LogP contribution in [0.25, 0.3) is 0 Å².